The molecule has 0 unspecified atom stereocenters. The van der Waals surface area contributed by atoms with Gasteiger partial charge in [-0.15, -0.1) is 11.6 Å². The summed E-state index contributed by atoms with van der Waals surface area (Å²) >= 11 is 6.22. The smallest absolute Gasteiger partial charge is 0.410 e. The summed E-state index contributed by atoms with van der Waals surface area (Å²) in [5, 5.41) is 14.2. The predicted octanol–water partition coefficient (Wildman–Crippen LogP) is 4.61. The van der Waals surface area contributed by atoms with Crippen LogP contribution in [0.1, 0.15) is 5.56 Å². The maximum atomic E-state index is 12.5. The number of benzene rings is 2. The fraction of sp³-hybridized carbons (Fsp3) is 0.0500. The van der Waals surface area contributed by atoms with Gasteiger partial charge in [-0.3, -0.25) is 10.4 Å². The van der Waals surface area contributed by atoms with E-state index in [-0.39, 0.29) is 5.88 Å². The number of aromatic nitrogens is 4. The van der Waals surface area contributed by atoms with Crippen molar-refractivity contribution >= 4 is 23.5 Å². The van der Waals surface area contributed by atoms with E-state index in [1.54, 1.807) is 41.3 Å². The number of hydrogen-bond acceptors (Lipinski definition) is 4. The van der Waals surface area contributed by atoms with Crippen LogP contribution < -0.4 is 10.1 Å². The van der Waals surface area contributed by atoms with Gasteiger partial charge in [0.1, 0.15) is 17.3 Å². The van der Waals surface area contributed by atoms with Crippen molar-refractivity contribution in [2.45, 2.75) is 5.88 Å². The van der Waals surface area contributed by atoms with Crippen LogP contribution in [0, 0.1) is 0 Å². The first-order valence-corrected chi connectivity index (χ1v) is 9.06. The third kappa shape index (κ3) is 3.60. The molecule has 0 aliphatic heterocycles. The molecule has 0 radical (unpaired) electrons. The molecule has 0 atom stereocenters. The molecule has 0 saturated heterocycles. The zero-order chi connectivity index (χ0) is 19.3. The number of anilines is 1. The molecule has 0 aliphatic rings. The van der Waals surface area contributed by atoms with Gasteiger partial charge in [-0.1, -0.05) is 36.4 Å². The van der Waals surface area contributed by atoms with E-state index in [1.165, 1.54) is 0 Å². The molecule has 28 heavy (non-hydrogen) atoms. The molecule has 0 saturated carbocycles. The molecule has 0 bridgehead atoms. The molecular weight excluding hydrogens is 378 g/mol. The molecule has 4 aromatic rings. The number of carbonyl (C=O) groups excluding carboxylic acids is 1. The molecule has 4 rings (SSSR count). The topological polar surface area (TPSA) is 84.8 Å². The Kier molecular flexibility index (Phi) is 5.07. The predicted molar refractivity (Wildman–Crippen MR) is 107 cm³/mol. The number of rotatable bonds is 5. The average molecular weight is 394 g/mol. The van der Waals surface area contributed by atoms with E-state index in [1.807, 2.05) is 36.4 Å². The van der Waals surface area contributed by atoms with Gasteiger partial charge >= 0.3 is 6.09 Å². The first-order chi connectivity index (χ1) is 13.8. The first-order valence-electron chi connectivity index (χ1n) is 8.52. The van der Waals surface area contributed by atoms with Crippen LogP contribution in [0.25, 0.3) is 16.9 Å². The maximum Gasteiger partial charge on any atom is 0.418 e. The molecule has 140 valence electrons. The highest BCUT2D eigenvalue weighted by Gasteiger charge is 2.22. The molecule has 2 aromatic heterocycles. The third-order valence-electron chi connectivity index (χ3n) is 4.06. The van der Waals surface area contributed by atoms with Crippen molar-refractivity contribution < 1.29 is 9.53 Å². The van der Waals surface area contributed by atoms with E-state index >= 15 is 0 Å². The fourth-order valence-corrected chi connectivity index (χ4v) is 3.04. The average Bonchev–Trinajstić information content (AvgIpc) is 3.37. The minimum Gasteiger partial charge on any atom is -0.410 e. The zero-order valence-corrected chi connectivity index (χ0v) is 15.4. The van der Waals surface area contributed by atoms with Crippen molar-refractivity contribution in [3.63, 3.8) is 0 Å². The summed E-state index contributed by atoms with van der Waals surface area (Å²) in [5.74, 6) is 1.03. The second-order valence-corrected chi connectivity index (χ2v) is 6.14. The number of nitrogens with zero attached hydrogens (tertiary/aromatic N) is 3. The minimum atomic E-state index is -0.631. The lowest BCUT2D eigenvalue weighted by molar-refractivity contribution is 0.215. The molecule has 1 amide bonds. The van der Waals surface area contributed by atoms with Gasteiger partial charge < -0.3 is 4.74 Å². The normalized spacial score (nSPS) is 10.6. The molecule has 2 aromatic carbocycles. The van der Waals surface area contributed by atoms with Crippen LogP contribution in [0.15, 0.2) is 73.1 Å². The zero-order valence-electron chi connectivity index (χ0n) is 14.7. The van der Waals surface area contributed by atoms with Crippen molar-refractivity contribution in [1.82, 2.24) is 20.0 Å². The fourth-order valence-electron chi connectivity index (χ4n) is 2.79. The van der Waals surface area contributed by atoms with Crippen molar-refractivity contribution in [3.05, 3.63) is 78.6 Å². The highest BCUT2D eigenvalue weighted by Crippen LogP contribution is 2.32. The molecule has 0 fully saturated rings. The van der Waals surface area contributed by atoms with E-state index in [0.29, 0.717) is 22.8 Å². The number of H-pyrrole nitrogens is 1. The van der Waals surface area contributed by atoms with Crippen LogP contribution in [-0.2, 0) is 5.88 Å². The Balaban J connectivity index is 1.74. The van der Waals surface area contributed by atoms with Crippen molar-refractivity contribution in [2.75, 3.05) is 5.32 Å². The van der Waals surface area contributed by atoms with Crippen molar-refractivity contribution in [1.29, 1.82) is 0 Å². The van der Waals surface area contributed by atoms with Crippen molar-refractivity contribution in [2.24, 2.45) is 0 Å². The number of alkyl halides is 1. The standard InChI is InChI=1S/C20H16ClN5O2/c21-11-17-18(14-12-22-23-13-14)25-26(15-7-3-1-4-8-15)19(17)24-20(27)28-16-9-5-2-6-10-16/h1-10,12-13H,11H2,(H,22,23)(H,24,27). The molecular formula is C20H16ClN5O2. The van der Waals surface area contributed by atoms with Gasteiger partial charge in [0.05, 0.1) is 17.8 Å². The van der Waals surface area contributed by atoms with Crippen LogP contribution >= 0.6 is 11.6 Å². The number of halogens is 1. The quantitative estimate of drug-likeness (QED) is 0.485. The second kappa shape index (κ2) is 7.98. The summed E-state index contributed by atoms with van der Waals surface area (Å²) in [7, 11) is 0. The van der Waals surface area contributed by atoms with Crippen LogP contribution in [0.4, 0.5) is 10.6 Å². The Morgan fingerprint density at radius 3 is 2.46 bits per heavy atom. The first kappa shape index (κ1) is 17.8. The maximum absolute atomic E-state index is 12.5. The van der Waals surface area contributed by atoms with E-state index in [4.69, 9.17) is 16.3 Å². The third-order valence-corrected chi connectivity index (χ3v) is 4.33. The number of ether oxygens (including phenoxy) is 1. The highest BCUT2D eigenvalue weighted by atomic mass is 35.5. The van der Waals surface area contributed by atoms with Gasteiger partial charge in [-0.2, -0.15) is 10.2 Å². The van der Waals surface area contributed by atoms with Gasteiger partial charge in [0.25, 0.3) is 0 Å². The van der Waals surface area contributed by atoms with Crippen LogP contribution in [-0.4, -0.2) is 26.1 Å². The number of nitrogens with one attached hydrogen (secondary N) is 2. The lowest BCUT2D eigenvalue weighted by Crippen LogP contribution is -2.19. The van der Waals surface area contributed by atoms with Gasteiger partial charge in [0.15, 0.2) is 0 Å². The minimum absolute atomic E-state index is 0.147. The summed E-state index contributed by atoms with van der Waals surface area (Å²) in [4.78, 5) is 12.5. The second-order valence-electron chi connectivity index (χ2n) is 5.87. The molecule has 2 heterocycles. The molecule has 7 nitrogen and oxygen atoms in total. The van der Waals surface area contributed by atoms with Crippen LogP contribution in [0.5, 0.6) is 5.75 Å². The summed E-state index contributed by atoms with van der Waals surface area (Å²) in [5.41, 5.74) is 2.84. The number of para-hydroxylation sites is 2. The highest BCUT2D eigenvalue weighted by molar-refractivity contribution is 6.18. The van der Waals surface area contributed by atoms with Gasteiger partial charge in [-0.25, -0.2) is 9.48 Å². The largest absolute Gasteiger partial charge is 0.418 e. The lowest BCUT2D eigenvalue weighted by atomic mass is 10.1. The molecule has 0 aliphatic carbocycles. The van der Waals surface area contributed by atoms with E-state index < -0.39 is 6.09 Å². The van der Waals surface area contributed by atoms with Crippen LogP contribution in [0.2, 0.25) is 0 Å². The van der Waals surface area contributed by atoms with Crippen molar-refractivity contribution in [3.8, 4) is 22.7 Å². The Morgan fingerprint density at radius 2 is 1.82 bits per heavy atom. The molecule has 2 N–H and O–H groups in total. The van der Waals surface area contributed by atoms with E-state index in [2.05, 4.69) is 20.6 Å². The summed E-state index contributed by atoms with van der Waals surface area (Å²) in [6, 6.07) is 18.3. The number of amides is 1. The summed E-state index contributed by atoms with van der Waals surface area (Å²) < 4.78 is 6.99. The van der Waals surface area contributed by atoms with Gasteiger partial charge in [0.2, 0.25) is 0 Å². The Hall–Kier alpha value is -3.58. The monoisotopic (exact) mass is 393 g/mol. The van der Waals surface area contributed by atoms with Gasteiger partial charge in [-0.05, 0) is 24.3 Å². The summed E-state index contributed by atoms with van der Waals surface area (Å²) in [6.45, 7) is 0. The molecule has 0 spiro atoms. The van der Waals surface area contributed by atoms with E-state index in [9.17, 15) is 4.79 Å². The molecule has 8 heteroatoms. The Bertz CT molecular complexity index is 1060. The SMILES string of the molecule is O=C(Nc1c(CCl)c(-c2cn[nH]c2)nn1-c1ccccc1)Oc1ccccc1. The Morgan fingerprint density at radius 1 is 1.11 bits per heavy atom. The van der Waals surface area contributed by atoms with E-state index in [0.717, 1.165) is 11.3 Å². The number of hydrogen-bond donors (Lipinski definition) is 2. The lowest BCUT2D eigenvalue weighted by Gasteiger charge is -2.11. The van der Waals surface area contributed by atoms with Gasteiger partial charge in [0, 0.05) is 17.3 Å². The number of aromatic amines is 1. The number of carbonyl (C=O) groups is 1. The van der Waals surface area contributed by atoms with Crippen LogP contribution in [0.3, 0.4) is 0 Å². The Labute approximate surface area is 165 Å². The summed E-state index contributed by atoms with van der Waals surface area (Å²) in [6.07, 6.45) is 2.74.